The predicted octanol–water partition coefficient (Wildman–Crippen LogP) is -0.839. The zero-order valence-electron chi connectivity index (χ0n) is 13.0. The summed E-state index contributed by atoms with van der Waals surface area (Å²) in [4.78, 5) is 60.3. The molecule has 138 valence electrons. The van der Waals surface area contributed by atoms with E-state index in [1.54, 1.807) is 0 Å². The molecule has 0 unspecified atom stereocenters. The number of aromatic amines is 2. The minimum Gasteiger partial charge on any atom is -0.476 e. The van der Waals surface area contributed by atoms with Gasteiger partial charge in [-0.1, -0.05) is 5.21 Å². The molecule has 0 aliphatic carbocycles. The molecule has 0 atom stereocenters. The first-order valence-corrected chi connectivity index (χ1v) is 7.02. The van der Waals surface area contributed by atoms with Gasteiger partial charge in [-0.15, -0.1) is 5.10 Å². The number of carboxylic acids is 2. The highest BCUT2D eigenvalue weighted by Gasteiger charge is 2.25. The molecule has 2 heterocycles. The molecule has 0 saturated carbocycles. The van der Waals surface area contributed by atoms with Crippen LogP contribution >= 0.6 is 0 Å². The molecule has 0 aliphatic rings. The first kappa shape index (κ1) is 17.5. The Morgan fingerprint density at radius 1 is 1.15 bits per heavy atom. The Morgan fingerprint density at radius 3 is 2.41 bits per heavy atom. The van der Waals surface area contributed by atoms with Crippen LogP contribution < -0.4 is 11.1 Å². The summed E-state index contributed by atoms with van der Waals surface area (Å²) in [7, 11) is 0. The molecule has 4 N–H and O–H groups in total. The Labute approximate surface area is 145 Å². The van der Waals surface area contributed by atoms with Crippen LogP contribution in [-0.4, -0.2) is 52.0 Å². The first-order chi connectivity index (χ1) is 12.7. The molecule has 0 spiro atoms. The maximum atomic E-state index is 11.6. The van der Waals surface area contributed by atoms with Crippen LogP contribution in [0.25, 0.3) is 11.0 Å². The van der Waals surface area contributed by atoms with E-state index in [0.29, 0.717) is 4.68 Å². The molecule has 27 heavy (non-hydrogen) atoms. The fourth-order valence-electron chi connectivity index (χ4n) is 2.45. The van der Waals surface area contributed by atoms with E-state index in [1.807, 2.05) is 0 Å². The highest BCUT2D eigenvalue weighted by atomic mass is 16.6. The van der Waals surface area contributed by atoms with E-state index in [1.165, 1.54) is 0 Å². The van der Waals surface area contributed by atoms with Crippen molar-refractivity contribution in [1.82, 2.24) is 25.0 Å². The zero-order valence-corrected chi connectivity index (χ0v) is 13.0. The second kappa shape index (κ2) is 6.17. The van der Waals surface area contributed by atoms with E-state index in [4.69, 9.17) is 5.11 Å². The van der Waals surface area contributed by atoms with Gasteiger partial charge in [0.05, 0.1) is 22.5 Å². The van der Waals surface area contributed by atoms with Crippen LogP contribution in [0.3, 0.4) is 0 Å². The molecular formula is C13H8N6O8. The summed E-state index contributed by atoms with van der Waals surface area (Å²) >= 11 is 0. The first-order valence-electron chi connectivity index (χ1n) is 7.02. The van der Waals surface area contributed by atoms with Crippen LogP contribution in [0, 0.1) is 10.1 Å². The van der Waals surface area contributed by atoms with Crippen LogP contribution in [0.5, 0.6) is 0 Å². The van der Waals surface area contributed by atoms with Crippen LogP contribution in [-0.2, 0) is 6.54 Å². The average Bonchev–Trinajstić information content (AvgIpc) is 3.00. The van der Waals surface area contributed by atoms with Crippen molar-refractivity contribution in [1.29, 1.82) is 0 Å². The number of aromatic nitrogens is 5. The number of carbonyl (C=O) groups is 2. The lowest BCUT2D eigenvalue weighted by molar-refractivity contribution is -0.384. The lowest BCUT2D eigenvalue weighted by Crippen LogP contribution is -2.29. The van der Waals surface area contributed by atoms with Crippen LogP contribution in [0.15, 0.2) is 21.7 Å². The monoisotopic (exact) mass is 376 g/mol. The van der Waals surface area contributed by atoms with E-state index in [9.17, 15) is 34.4 Å². The third-order valence-electron chi connectivity index (χ3n) is 3.57. The highest BCUT2D eigenvalue weighted by molar-refractivity contribution is 5.98. The third kappa shape index (κ3) is 3.01. The number of nitrogens with one attached hydrogen (secondary N) is 2. The molecule has 0 bridgehead atoms. The van der Waals surface area contributed by atoms with Crippen molar-refractivity contribution in [2.45, 2.75) is 6.54 Å². The molecule has 2 aromatic heterocycles. The number of nitro benzene ring substituents is 1. The SMILES string of the molecule is O=C(O)c1nnn(Cc2cc([N+](=O)[O-])cc3[nH]c(=O)c(=O)[nH]c23)c1C(=O)O. The quantitative estimate of drug-likeness (QED) is 0.246. The molecule has 0 fully saturated rings. The number of rotatable bonds is 5. The highest BCUT2D eigenvalue weighted by Crippen LogP contribution is 2.23. The third-order valence-corrected chi connectivity index (χ3v) is 3.57. The van der Waals surface area contributed by atoms with Gasteiger partial charge in [-0.25, -0.2) is 14.3 Å². The van der Waals surface area contributed by atoms with Gasteiger partial charge in [-0.05, 0) is 0 Å². The van der Waals surface area contributed by atoms with Crippen LogP contribution in [0.4, 0.5) is 5.69 Å². The van der Waals surface area contributed by atoms with Gasteiger partial charge >= 0.3 is 23.1 Å². The normalized spacial score (nSPS) is 10.8. The van der Waals surface area contributed by atoms with Gasteiger partial charge in [0.1, 0.15) is 0 Å². The Kier molecular flexibility index (Phi) is 3.99. The second-order valence-corrected chi connectivity index (χ2v) is 5.25. The number of aromatic carboxylic acids is 2. The number of benzene rings is 1. The number of nitro groups is 1. The lowest BCUT2D eigenvalue weighted by atomic mass is 10.1. The minimum atomic E-state index is -1.63. The van der Waals surface area contributed by atoms with Crippen LogP contribution in [0.2, 0.25) is 0 Å². The molecule has 3 rings (SSSR count). The average molecular weight is 376 g/mol. The van der Waals surface area contributed by atoms with Crippen molar-refractivity contribution in [3.63, 3.8) is 0 Å². The summed E-state index contributed by atoms with van der Waals surface area (Å²) in [5.41, 5.74) is -4.15. The number of non-ortho nitro benzene ring substituents is 1. The van der Waals surface area contributed by atoms with Crippen molar-refractivity contribution >= 4 is 28.7 Å². The number of nitrogens with zero attached hydrogens (tertiary/aromatic N) is 4. The number of carboxylic acid groups (broad SMARTS) is 2. The van der Waals surface area contributed by atoms with Gasteiger partial charge in [-0.2, -0.15) is 0 Å². The van der Waals surface area contributed by atoms with Gasteiger partial charge in [0.25, 0.3) is 5.69 Å². The van der Waals surface area contributed by atoms with Crippen molar-refractivity contribution in [3.05, 3.63) is 59.9 Å². The fourth-order valence-corrected chi connectivity index (χ4v) is 2.45. The van der Waals surface area contributed by atoms with Gasteiger partial charge < -0.3 is 20.2 Å². The molecule has 14 nitrogen and oxygen atoms in total. The van der Waals surface area contributed by atoms with Gasteiger partial charge in [0, 0.05) is 17.7 Å². The summed E-state index contributed by atoms with van der Waals surface area (Å²) in [6, 6.07) is 2.04. The Balaban J connectivity index is 2.26. The molecule has 3 aromatic rings. The molecule has 14 heteroatoms. The second-order valence-electron chi connectivity index (χ2n) is 5.25. The topological polar surface area (TPSA) is 214 Å². The predicted molar refractivity (Wildman–Crippen MR) is 84.9 cm³/mol. The molecule has 1 aromatic carbocycles. The molecular weight excluding hydrogens is 368 g/mol. The van der Waals surface area contributed by atoms with E-state index in [-0.39, 0.29) is 16.6 Å². The number of H-pyrrole nitrogens is 2. The number of fused-ring (bicyclic) bond motifs is 1. The van der Waals surface area contributed by atoms with Gasteiger partial charge in [-0.3, -0.25) is 19.7 Å². The molecule has 0 amide bonds. The summed E-state index contributed by atoms with van der Waals surface area (Å²) in [5.74, 6) is -3.26. The lowest BCUT2D eigenvalue weighted by Gasteiger charge is -2.08. The molecule has 0 saturated heterocycles. The van der Waals surface area contributed by atoms with E-state index in [0.717, 1.165) is 12.1 Å². The van der Waals surface area contributed by atoms with Crippen molar-refractivity contribution in [2.24, 2.45) is 0 Å². The van der Waals surface area contributed by atoms with E-state index in [2.05, 4.69) is 20.3 Å². The maximum Gasteiger partial charge on any atom is 0.359 e. The van der Waals surface area contributed by atoms with Crippen molar-refractivity contribution in [2.75, 3.05) is 0 Å². The molecule has 0 aliphatic heterocycles. The number of hydrogen-bond acceptors (Lipinski definition) is 8. The van der Waals surface area contributed by atoms with Crippen molar-refractivity contribution in [3.8, 4) is 0 Å². The Bertz CT molecular complexity index is 1240. The smallest absolute Gasteiger partial charge is 0.359 e. The standard InChI is InChI=1S/C13H8N6O8/c20-10-11(21)15-7-4(1-5(19(26)27)2-6(7)14-10)3-18-9(13(24)25)8(12(22)23)16-17-18/h1-2H,3H2,(H,14,20)(H,15,21)(H,22,23)(H,24,25). The van der Waals surface area contributed by atoms with Gasteiger partial charge in [0.15, 0.2) is 5.69 Å². The summed E-state index contributed by atoms with van der Waals surface area (Å²) in [5, 5.41) is 36.0. The molecule has 0 radical (unpaired) electrons. The summed E-state index contributed by atoms with van der Waals surface area (Å²) < 4.78 is 0.702. The van der Waals surface area contributed by atoms with E-state index >= 15 is 0 Å². The van der Waals surface area contributed by atoms with Crippen LogP contribution in [0.1, 0.15) is 26.5 Å². The summed E-state index contributed by atoms with van der Waals surface area (Å²) in [6.45, 7) is -0.470. The van der Waals surface area contributed by atoms with E-state index < -0.39 is 51.6 Å². The zero-order chi connectivity index (χ0) is 19.9. The number of hydrogen-bond donors (Lipinski definition) is 4. The summed E-state index contributed by atoms with van der Waals surface area (Å²) in [6.07, 6.45) is 0. The fraction of sp³-hybridized carbons (Fsp3) is 0.0769. The minimum absolute atomic E-state index is 0.00564. The Morgan fingerprint density at radius 2 is 1.81 bits per heavy atom. The Hall–Kier alpha value is -4.36. The van der Waals surface area contributed by atoms with Crippen molar-refractivity contribution < 1.29 is 24.7 Å². The maximum absolute atomic E-state index is 11.6. The van der Waals surface area contributed by atoms with Gasteiger partial charge in [0.2, 0.25) is 5.69 Å². The largest absolute Gasteiger partial charge is 0.476 e.